The molecule has 3 rings (SSSR count). The van der Waals surface area contributed by atoms with E-state index in [4.69, 9.17) is 4.74 Å². The quantitative estimate of drug-likeness (QED) is 0.678. The second-order valence-corrected chi connectivity index (χ2v) is 6.37. The average Bonchev–Trinajstić information content (AvgIpc) is 3.04. The molecule has 0 radical (unpaired) electrons. The number of aromatic nitrogens is 4. The summed E-state index contributed by atoms with van der Waals surface area (Å²) >= 11 is 0. The highest BCUT2D eigenvalue weighted by atomic mass is 19.4. The van der Waals surface area contributed by atoms with Gasteiger partial charge in [0, 0.05) is 18.2 Å². The van der Waals surface area contributed by atoms with Crippen LogP contribution in [0.25, 0.3) is 5.65 Å². The van der Waals surface area contributed by atoms with E-state index in [1.54, 1.807) is 25.8 Å². The molecule has 1 aromatic carbocycles. The fraction of sp³-hybridized carbons (Fsp3) is 0.389. The van der Waals surface area contributed by atoms with E-state index in [1.165, 1.54) is 0 Å². The molecule has 9 heteroatoms. The highest BCUT2D eigenvalue weighted by molar-refractivity contribution is 5.59. The Hall–Kier alpha value is -2.84. The summed E-state index contributed by atoms with van der Waals surface area (Å²) in [5, 5.41) is 11.1. The Morgan fingerprint density at radius 1 is 1.07 bits per heavy atom. The summed E-state index contributed by atoms with van der Waals surface area (Å²) in [4.78, 5) is 1.76. The molecule has 0 N–H and O–H groups in total. The predicted molar refractivity (Wildman–Crippen MR) is 95.2 cm³/mol. The smallest absolute Gasteiger partial charge is 0.453 e. The standard InChI is InChI=1S/C18H20F3N5O/c1-11-7-5-6-8-14(11)27-10-9-25(4)16-13(3)12(2)15-22-23-17(18(19,20)21)26(15)24-16/h5-8H,9-10H2,1-4H3. The van der Waals surface area contributed by atoms with E-state index in [9.17, 15) is 13.2 Å². The van der Waals surface area contributed by atoms with E-state index in [-0.39, 0.29) is 5.65 Å². The van der Waals surface area contributed by atoms with Gasteiger partial charge in [0.25, 0.3) is 5.82 Å². The minimum Gasteiger partial charge on any atom is -0.491 e. The van der Waals surface area contributed by atoms with Gasteiger partial charge in [0.05, 0.1) is 6.54 Å². The lowest BCUT2D eigenvalue weighted by Gasteiger charge is -2.22. The van der Waals surface area contributed by atoms with Crippen molar-refractivity contribution in [2.45, 2.75) is 26.9 Å². The lowest BCUT2D eigenvalue weighted by Crippen LogP contribution is -2.27. The number of rotatable bonds is 5. The number of aryl methyl sites for hydroxylation is 2. The van der Waals surface area contributed by atoms with Crippen LogP contribution in [0.4, 0.5) is 19.0 Å². The third-order valence-corrected chi connectivity index (χ3v) is 4.46. The molecule has 0 atom stereocenters. The van der Waals surface area contributed by atoms with Crippen molar-refractivity contribution < 1.29 is 17.9 Å². The fourth-order valence-corrected chi connectivity index (χ4v) is 2.77. The topological polar surface area (TPSA) is 55.5 Å². The van der Waals surface area contributed by atoms with Crippen LogP contribution in [-0.4, -0.2) is 40.0 Å². The van der Waals surface area contributed by atoms with Gasteiger partial charge in [0.2, 0.25) is 0 Å². The normalized spacial score (nSPS) is 11.8. The molecule has 0 bridgehead atoms. The van der Waals surface area contributed by atoms with Gasteiger partial charge in [-0.25, -0.2) is 0 Å². The minimum absolute atomic E-state index is 0.105. The Morgan fingerprint density at radius 3 is 2.44 bits per heavy atom. The van der Waals surface area contributed by atoms with Crippen LogP contribution in [0.5, 0.6) is 5.75 Å². The van der Waals surface area contributed by atoms with E-state index in [0.717, 1.165) is 21.4 Å². The number of nitrogens with zero attached hydrogens (tertiary/aromatic N) is 5. The Morgan fingerprint density at radius 2 is 1.78 bits per heavy atom. The maximum atomic E-state index is 13.1. The van der Waals surface area contributed by atoms with Gasteiger partial charge in [0.15, 0.2) is 11.5 Å². The van der Waals surface area contributed by atoms with Gasteiger partial charge in [-0.2, -0.15) is 17.7 Å². The summed E-state index contributed by atoms with van der Waals surface area (Å²) in [5.74, 6) is 0.0745. The van der Waals surface area contributed by atoms with Crippen LogP contribution in [0.2, 0.25) is 0 Å². The SMILES string of the molecule is Cc1ccccc1OCCN(C)c1nn2c(C(F)(F)F)nnc2c(C)c1C. The summed E-state index contributed by atoms with van der Waals surface area (Å²) in [6, 6.07) is 7.64. The van der Waals surface area contributed by atoms with Crippen molar-refractivity contribution in [3.05, 3.63) is 46.8 Å². The fourth-order valence-electron chi connectivity index (χ4n) is 2.77. The van der Waals surface area contributed by atoms with Crippen molar-refractivity contribution in [3.8, 4) is 5.75 Å². The zero-order valence-electron chi connectivity index (χ0n) is 15.5. The summed E-state index contributed by atoms with van der Waals surface area (Å²) in [7, 11) is 1.76. The first kappa shape index (κ1) is 18.9. The van der Waals surface area contributed by atoms with Crippen molar-refractivity contribution >= 4 is 11.5 Å². The number of hydrogen-bond acceptors (Lipinski definition) is 5. The monoisotopic (exact) mass is 379 g/mol. The van der Waals surface area contributed by atoms with Crippen LogP contribution in [0.15, 0.2) is 24.3 Å². The number of ether oxygens (including phenoxy) is 1. The second kappa shape index (κ2) is 7.05. The second-order valence-electron chi connectivity index (χ2n) is 6.37. The molecule has 0 saturated heterocycles. The third-order valence-electron chi connectivity index (χ3n) is 4.46. The van der Waals surface area contributed by atoms with E-state index in [1.807, 2.05) is 31.2 Å². The highest BCUT2D eigenvalue weighted by Gasteiger charge is 2.38. The number of halogens is 3. The van der Waals surface area contributed by atoms with Crippen LogP contribution in [0.3, 0.4) is 0 Å². The first-order chi connectivity index (χ1) is 12.7. The Labute approximate surface area is 154 Å². The predicted octanol–water partition coefficient (Wildman–Crippen LogP) is 3.58. The summed E-state index contributed by atoms with van der Waals surface area (Å²) in [5.41, 5.74) is 2.48. The van der Waals surface area contributed by atoms with Crippen molar-refractivity contribution in [3.63, 3.8) is 0 Å². The molecule has 0 fully saturated rings. The van der Waals surface area contributed by atoms with E-state index >= 15 is 0 Å². The lowest BCUT2D eigenvalue weighted by atomic mass is 10.2. The zero-order chi connectivity index (χ0) is 19.8. The number of benzene rings is 1. The first-order valence-corrected chi connectivity index (χ1v) is 8.39. The van der Waals surface area contributed by atoms with Gasteiger partial charge in [-0.1, -0.05) is 18.2 Å². The number of anilines is 1. The molecule has 144 valence electrons. The van der Waals surface area contributed by atoms with Crippen molar-refractivity contribution in [1.29, 1.82) is 0 Å². The maximum absolute atomic E-state index is 13.1. The van der Waals surface area contributed by atoms with Crippen molar-refractivity contribution in [2.24, 2.45) is 0 Å². The van der Waals surface area contributed by atoms with Gasteiger partial charge in [-0.3, -0.25) is 0 Å². The molecule has 0 aliphatic rings. The number of hydrogen-bond donors (Lipinski definition) is 0. The molecule has 6 nitrogen and oxygen atoms in total. The molecular formula is C18H20F3N5O. The van der Waals surface area contributed by atoms with Gasteiger partial charge in [-0.05, 0) is 32.4 Å². The molecule has 0 spiro atoms. The molecule has 3 aromatic rings. The summed E-state index contributed by atoms with van der Waals surface area (Å²) in [6.45, 7) is 6.29. The molecule has 2 aromatic heterocycles. The van der Waals surface area contributed by atoms with Crippen molar-refractivity contribution in [2.75, 3.05) is 25.1 Å². The molecule has 0 aliphatic heterocycles. The maximum Gasteiger partial charge on any atom is 0.453 e. The van der Waals surface area contributed by atoms with Crippen LogP contribution < -0.4 is 9.64 Å². The molecule has 0 saturated carbocycles. The third kappa shape index (κ3) is 3.67. The Kier molecular flexibility index (Phi) is 4.95. The van der Waals surface area contributed by atoms with Gasteiger partial charge < -0.3 is 9.64 Å². The first-order valence-electron chi connectivity index (χ1n) is 8.39. The molecule has 0 unspecified atom stereocenters. The Bertz CT molecular complexity index is 968. The average molecular weight is 379 g/mol. The summed E-state index contributed by atoms with van der Waals surface area (Å²) < 4.78 is 46.0. The molecule has 0 amide bonds. The lowest BCUT2D eigenvalue weighted by molar-refractivity contribution is -0.146. The van der Waals surface area contributed by atoms with Crippen LogP contribution in [-0.2, 0) is 6.18 Å². The molecular weight excluding hydrogens is 359 g/mol. The van der Waals surface area contributed by atoms with Gasteiger partial charge in [-0.15, -0.1) is 15.3 Å². The number of para-hydroxylation sites is 1. The van der Waals surface area contributed by atoms with Crippen LogP contribution in [0.1, 0.15) is 22.5 Å². The van der Waals surface area contributed by atoms with Crippen LogP contribution >= 0.6 is 0 Å². The van der Waals surface area contributed by atoms with E-state index in [0.29, 0.717) is 24.5 Å². The molecule has 2 heterocycles. The van der Waals surface area contributed by atoms with Gasteiger partial charge in [0.1, 0.15) is 12.4 Å². The molecule has 0 aliphatic carbocycles. The van der Waals surface area contributed by atoms with E-state index in [2.05, 4.69) is 15.3 Å². The van der Waals surface area contributed by atoms with Gasteiger partial charge >= 0.3 is 6.18 Å². The van der Waals surface area contributed by atoms with Crippen molar-refractivity contribution in [1.82, 2.24) is 19.8 Å². The largest absolute Gasteiger partial charge is 0.491 e. The Balaban J connectivity index is 1.84. The molecule has 27 heavy (non-hydrogen) atoms. The number of likely N-dealkylation sites (N-methyl/N-ethyl adjacent to an activating group) is 1. The number of alkyl halides is 3. The number of fused-ring (bicyclic) bond motifs is 1. The zero-order valence-corrected chi connectivity index (χ0v) is 15.5. The highest BCUT2D eigenvalue weighted by Crippen LogP contribution is 2.30. The van der Waals surface area contributed by atoms with Crippen LogP contribution in [0, 0.1) is 20.8 Å². The summed E-state index contributed by atoms with van der Waals surface area (Å²) in [6.07, 6.45) is -4.63. The minimum atomic E-state index is -4.63. The van der Waals surface area contributed by atoms with E-state index < -0.39 is 12.0 Å².